The highest BCUT2D eigenvalue weighted by atomic mass is 16.4. The van der Waals surface area contributed by atoms with Crippen molar-refractivity contribution in [3.8, 4) is 0 Å². The van der Waals surface area contributed by atoms with Gasteiger partial charge in [-0.15, -0.1) is 0 Å². The predicted octanol–water partition coefficient (Wildman–Crippen LogP) is -0.695. The van der Waals surface area contributed by atoms with Crippen molar-refractivity contribution in [2.75, 3.05) is 24.6 Å². The number of hydrogen-bond acceptors (Lipinski definition) is 4. The van der Waals surface area contributed by atoms with Crippen LogP contribution in [0.1, 0.15) is 24.1 Å². The molecule has 0 bridgehead atoms. The first-order valence-electron chi connectivity index (χ1n) is 6.68. The van der Waals surface area contributed by atoms with Gasteiger partial charge >= 0.3 is 11.8 Å². The minimum absolute atomic E-state index is 0.0358. The molecule has 0 saturated carbocycles. The molecule has 1 saturated heterocycles. The molecule has 2 aliphatic heterocycles. The Kier molecular flexibility index (Phi) is 3.00. The Bertz CT molecular complexity index is 656. The molecule has 2 N–H and O–H groups in total. The predicted molar refractivity (Wildman–Crippen MR) is 70.6 cm³/mol. The van der Waals surface area contributed by atoms with E-state index >= 15 is 0 Å². The van der Waals surface area contributed by atoms with Crippen molar-refractivity contribution in [3.63, 3.8) is 0 Å². The highest BCUT2D eigenvalue weighted by Gasteiger charge is 2.26. The van der Waals surface area contributed by atoms with E-state index in [4.69, 9.17) is 5.11 Å². The van der Waals surface area contributed by atoms with Crippen LogP contribution in [0.4, 0.5) is 4.79 Å². The zero-order valence-electron chi connectivity index (χ0n) is 11.0. The van der Waals surface area contributed by atoms with Gasteiger partial charge < -0.3 is 20.0 Å². The van der Waals surface area contributed by atoms with Crippen molar-refractivity contribution >= 4 is 6.09 Å². The van der Waals surface area contributed by atoms with Gasteiger partial charge in [-0.2, -0.15) is 4.68 Å². The van der Waals surface area contributed by atoms with Gasteiger partial charge in [0.05, 0.1) is 12.1 Å². The molecule has 3 rings (SSSR count). The van der Waals surface area contributed by atoms with Crippen molar-refractivity contribution in [2.45, 2.75) is 25.8 Å². The van der Waals surface area contributed by atoms with Gasteiger partial charge in [0.1, 0.15) is 0 Å². The molecule has 1 aromatic heterocycles. The van der Waals surface area contributed by atoms with E-state index in [0.29, 0.717) is 37.3 Å². The molecule has 0 radical (unpaired) electrons. The molecule has 8 nitrogen and oxygen atoms in total. The summed E-state index contributed by atoms with van der Waals surface area (Å²) in [5.74, 6) is 0. The van der Waals surface area contributed by atoms with Crippen molar-refractivity contribution in [2.24, 2.45) is 0 Å². The lowest BCUT2D eigenvalue weighted by Gasteiger charge is -2.27. The summed E-state index contributed by atoms with van der Waals surface area (Å²) in [5.41, 5.74) is 0.120. The summed E-state index contributed by atoms with van der Waals surface area (Å²) in [4.78, 5) is 39.5. The van der Waals surface area contributed by atoms with E-state index in [2.05, 4.69) is 4.98 Å². The first-order valence-corrected chi connectivity index (χ1v) is 6.68. The second-order valence-electron chi connectivity index (χ2n) is 5.12. The molecule has 0 aromatic carbocycles. The SMILES string of the molecule is O=C(O)N1CCc2[nH]c(=O)n(N3CCCC3)c(=O)c2C1. The highest BCUT2D eigenvalue weighted by Crippen LogP contribution is 2.13. The van der Waals surface area contributed by atoms with Gasteiger partial charge in [-0.3, -0.25) is 4.79 Å². The molecule has 1 aromatic rings. The zero-order valence-corrected chi connectivity index (χ0v) is 11.0. The first kappa shape index (κ1) is 12.8. The Morgan fingerprint density at radius 2 is 1.85 bits per heavy atom. The van der Waals surface area contributed by atoms with Crippen molar-refractivity contribution in [1.29, 1.82) is 0 Å². The third-order valence-electron chi connectivity index (χ3n) is 3.88. The van der Waals surface area contributed by atoms with Gasteiger partial charge in [0.25, 0.3) is 5.56 Å². The number of aromatic nitrogens is 2. The summed E-state index contributed by atoms with van der Waals surface area (Å²) in [5, 5.41) is 10.7. The zero-order chi connectivity index (χ0) is 14.3. The summed E-state index contributed by atoms with van der Waals surface area (Å²) < 4.78 is 1.12. The molecule has 2 aliphatic rings. The lowest BCUT2D eigenvalue weighted by molar-refractivity contribution is 0.139. The Morgan fingerprint density at radius 1 is 1.15 bits per heavy atom. The number of amides is 1. The Balaban J connectivity index is 2.07. The lowest BCUT2D eigenvalue weighted by atomic mass is 10.1. The number of fused-ring (bicyclic) bond motifs is 1. The summed E-state index contributed by atoms with van der Waals surface area (Å²) in [6, 6.07) is 0. The second kappa shape index (κ2) is 4.69. The van der Waals surface area contributed by atoms with Crippen LogP contribution in [-0.4, -0.2) is 45.4 Å². The van der Waals surface area contributed by atoms with E-state index in [-0.39, 0.29) is 6.54 Å². The van der Waals surface area contributed by atoms with E-state index in [1.54, 1.807) is 5.01 Å². The summed E-state index contributed by atoms with van der Waals surface area (Å²) in [7, 11) is 0. The van der Waals surface area contributed by atoms with Crippen LogP contribution < -0.4 is 16.3 Å². The van der Waals surface area contributed by atoms with Crippen LogP contribution >= 0.6 is 0 Å². The summed E-state index contributed by atoms with van der Waals surface area (Å²) >= 11 is 0. The second-order valence-corrected chi connectivity index (χ2v) is 5.12. The third kappa shape index (κ3) is 1.97. The summed E-state index contributed by atoms with van der Waals surface area (Å²) in [6.07, 6.45) is 1.22. The molecular weight excluding hydrogens is 264 g/mol. The number of nitrogens with zero attached hydrogens (tertiary/aromatic N) is 3. The molecule has 1 fully saturated rings. The van der Waals surface area contributed by atoms with Crippen LogP contribution in [0.2, 0.25) is 0 Å². The maximum atomic E-state index is 12.5. The Morgan fingerprint density at radius 3 is 2.50 bits per heavy atom. The molecule has 1 amide bonds. The number of aromatic amines is 1. The quantitative estimate of drug-likeness (QED) is 0.709. The van der Waals surface area contributed by atoms with Gasteiger partial charge in [0.2, 0.25) is 0 Å². The van der Waals surface area contributed by atoms with Crippen LogP contribution in [-0.2, 0) is 13.0 Å². The average Bonchev–Trinajstić information content (AvgIpc) is 2.92. The van der Waals surface area contributed by atoms with Crippen LogP contribution in [0.5, 0.6) is 0 Å². The van der Waals surface area contributed by atoms with Crippen LogP contribution in [0.15, 0.2) is 9.59 Å². The van der Waals surface area contributed by atoms with E-state index in [1.165, 1.54) is 4.90 Å². The van der Waals surface area contributed by atoms with Gasteiger partial charge in [0.15, 0.2) is 0 Å². The molecule has 0 unspecified atom stereocenters. The monoisotopic (exact) mass is 280 g/mol. The Hall–Kier alpha value is -2.25. The smallest absolute Gasteiger partial charge is 0.407 e. The number of hydrogen-bond donors (Lipinski definition) is 2. The fourth-order valence-electron chi connectivity index (χ4n) is 2.82. The van der Waals surface area contributed by atoms with Gasteiger partial charge in [-0.1, -0.05) is 0 Å². The van der Waals surface area contributed by atoms with E-state index < -0.39 is 17.3 Å². The standard InChI is InChI=1S/C12H16N4O4/c17-10-8-7-14(12(19)20)6-3-9(8)13-11(18)16(10)15-4-1-2-5-15/h1-7H2,(H,13,18)(H,19,20). The Labute approximate surface area is 114 Å². The number of nitrogens with one attached hydrogen (secondary N) is 1. The fraction of sp³-hybridized carbons (Fsp3) is 0.583. The molecule has 108 valence electrons. The molecule has 0 aliphatic carbocycles. The van der Waals surface area contributed by atoms with Crippen molar-refractivity contribution in [3.05, 3.63) is 32.1 Å². The lowest BCUT2D eigenvalue weighted by Crippen LogP contribution is -2.52. The van der Waals surface area contributed by atoms with Crippen molar-refractivity contribution in [1.82, 2.24) is 14.6 Å². The van der Waals surface area contributed by atoms with E-state index in [9.17, 15) is 14.4 Å². The molecule has 20 heavy (non-hydrogen) atoms. The molecule has 0 spiro atoms. The number of rotatable bonds is 1. The van der Waals surface area contributed by atoms with Gasteiger partial charge in [-0.25, -0.2) is 9.59 Å². The van der Waals surface area contributed by atoms with Crippen LogP contribution in [0, 0.1) is 0 Å². The topological polar surface area (TPSA) is 98.6 Å². The van der Waals surface area contributed by atoms with E-state index in [1.807, 2.05) is 0 Å². The summed E-state index contributed by atoms with van der Waals surface area (Å²) in [6.45, 7) is 1.67. The normalized spacial score (nSPS) is 18.2. The van der Waals surface area contributed by atoms with Gasteiger partial charge in [0, 0.05) is 31.7 Å². The first-order chi connectivity index (χ1) is 9.58. The van der Waals surface area contributed by atoms with E-state index in [0.717, 1.165) is 17.5 Å². The molecule has 8 heteroatoms. The number of carboxylic acid groups (broad SMARTS) is 1. The molecule has 0 atom stereocenters. The number of carbonyl (C=O) groups is 1. The maximum Gasteiger partial charge on any atom is 0.407 e. The minimum Gasteiger partial charge on any atom is -0.465 e. The maximum absolute atomic E-state index is 12.5. The molecular formula is C12H16N4O4. The van der Waals surface area contributed by atoms with Crippen LogP contribution in [0.25, 0.3) is 0 Å². The van der Waals surface area contributed by atoms with Crippen molar-refractivity contribution < 1.29 is 9.90 Å². The fourth-order valence-corrected chi connectivity index (χ4v) is 2.82. The largest absolute Gasteiger partial charge is 0.465 e. The highest BCUT2D eigenvalue weighted by molar-refractivity contribution is 5.65. The van der Waals surface area contributed by atoms with Crippen LogP contribution in [0.3, 0.4) is 0 Å². The number of H-pyrrole nitrogens is 1. The van der Waals surface area contributed by atoms with Gasteiger partial charge in [-0.05, 0) is 12.8 Å². The minimum atomic E-state index is -1.05. The third-order valence-corrected chi connectivity index (χ3v) is 3.88. The average molecular weight is 280 g/mol. The molecule has 3 heterocycles.